The van der Waals surface area contributed by atoms with Gasteiger partial charge in [0.05, 0.1) is 11.5 Å². The zero-order valence-corrected chi connectivity index (χ0v) is 15.5. The molecule has 0 aliphatic heterocycles. The van der Waals surface area contributed by atoms with Gasteiger partial charge in [-0.25, -0.2) is 9.18 Å². The van der Waals surface area contributed by atoms with Crippen LogP contribution in [-0.2, 0) is 6.54 Å². The van der Waals surface area contributed by atoms with E-state index >= 15 is 0 Å². The van der Waals surface area contributed by atoms with Crippen molar-refractivity contribution < 1.29 is 14.1 Å². The molecule has 0 unspecified atom stereocenters. The Kier molecular flexibility index (Phi) is 5.76. The molecule has 0 aliphatic carbocycles. The summed E-state index contributed by atoms with van der Waals surface area (Å²) >= 11 is 12.1. The third-order valence-electron chi connectivity index (χ3n) is 3.67. The van der Waals surface area contributed by atoms with Crippen molar-refractivity contribution in [1.29, 1.82) is 0 Å². The fourth-order valence-corrected chi connectivity index (χ4v) is 2.76. The second kappa shape index (κ2) is 8.24. The predicted molar refractivity (Wildman–Crippen MR) is 103 cm³/mol. The van der Waals surface area contributed by atoms with Crippen LogP contribution in [-0.4, -0.2) is 20.7 Å². The molecule has 1 aromatic heterocycles. The minimum absolute atomic E-state index is 0.0247. The maximum atomic E-state index is 13.9. The van der Waals surface area contributed by atoms with Gasteiger partial charge in [0.2, 0.25) is 0 Å². The lowest BCUT2D eigenvalue weighted by Gasteiger charge is -2.07. The molecule has 0 bridgehead atoms. The number of non-ortho nitro benzene ring substituents is 1. The SMILES string of the molecule is O=C(Nc1ccc([N+](=O)[O-])cc1)Nc1nn(Cc2c(F)cccc2Cl)cc1Cl. The summed E-state index contributed by atoms with van der Waals surface area (Å²) < 4.78 is 15.2. The fourth-order valence-electron chi connectivity index (χ4n) is 2.34. The molecule has 0 saturated carbocycles. The third kappa shape index (κ3) is 4.56. The zero-order chi connectivity index (χ0) is 20.3. The van der Waals surface area contributed by atoms with Crippen LogP contribution in [0.5, 0.6) is 0 Å². The number of nitrogens with zero attached hydrogens (tertiary/aromatic N) is 3. The Morgan fingerprint density at radius 1 is 1.14 bits per heavy atom. The van der Waals surface area contributed by atoms with Crippen molar-refractivity contribution in [2.45, 2.75) is 6.54 Å². The molecule has 0 fully saturated rings. The molecule has 144 valence electrons. The first-order valence-corrected chi connectivity index (χ1v) is 8.57. The average molecular weight is 424 g/mol. The van der Waals surface area contributed by atoms with E-state index in [9.17, 15) is 19.3 Å². The first-order valence-electron chi connectivity index (χ1n) is 7.82. The number of carbonyl (C=O) groups excluding carboxylic acids is 1. The molecule has 1 heterocycles. The number of urea groups is 1. The molecule has 2 aromatic carbocycles. The van der Waals surface area contributed by atoms with Crippen molar-refractivity contribution in [3.8, 4) is 0 Å². The highest BCUT2D eigenvalue weighted by molar-refractivity contribution is 6.33. The van der Waals surface area contributed by atoms with Gasteiger partial charge in [0, 0.05) is 34.6 Å². The molecule has 0 atom stereocenters. The molecule has 11 heteroatoms. The van der Waals surface area contributed by atoms with Gasteiger partial charge in [-0.15, -0.1) is 0 Å². The van der Waals surface area contributed by atoms with E-state index in [1.807, 2.05) is 0 Å². The predicted octanol–water partition coefficient (Wildman–Crippen LogP) is 4.93. The average Bonchev–Trinajstić information content (AvgIpc) is 2.98. The van der Waals surface area contributed by atoms with Crippen molar-refractivity contribution in [2.75, 3.05) is 10.6 Å². The third-order valence-corrected chi connectivity index (χ3v) is 4.30. The zero-order valence-electron chi connectivity index (χ0n) is 14.0. The number of carbonyl (C=O) groups is 1. The van der Waals surface area contributed by atoms with Crippen LogP contribution in [0.2, 0.25) is 10.0 Å². The summed E-state index contributed by atoms with van der Waals surface area (Å²) in [7, 11) is 0. The van der Waals surface area contributed by atoms with Crippen molar-refractivity contribution in [3.63, 3.8) is 0 Å². The van der Waals surface area contributed by atoms with Crippen LogP contribution in [0, 0.1) is 15.9 Å². The van der Waals surface area contributed by atoms with E-state index in [4.69, 9.17) is 23.2 Å². The fraction of sp³-hybridized carbons (Fsp3) is 0.0588. The Morgan fingerprint density at radius 2 is 1.86 bits per heavy atom. The summed E-state index contributed by atoms with van der Waals surface area (Å²) in [6.45, 7) is 0.0247. The number of nitro groups is 1. The second-order valence-electron chi connectivity index (χ2n) is 5.61. The van der Waals surface area contributed by atoms with Crippen molar-refractivity contribution in [2.24, 2.45) is 0 Å². The Hall–Kier alpha value is -3.17. The number of amides is 2. The topological polar surface area (TPSA) is 102 Å². The molecule has 8 nitrogen and oxygen atoms in total. The lowest BCUT2D eigenvalue weighted by atomic mass is 10.2. The minimum Gasteiger partial charge on any atom is -0.308 e. The lowest BCUT2D eigenvalue weighted by Crippen LogP contribution is -2.20. The van der Waals surface area contributed by atoms with Crippen LogP contribution < -0.4 is 10.6 Å². The normalized spacial score (nSPS) is 10.5. The minimum atomic E-state index is -0.648. The number of nitrogens with one attached hydrogen (secondary N) is 2. The van der Waals surface area contributed by atoms with Crippen molar-refractivity contribution in [1.82, 2.24) is 9.78 Å². The van der Waals surface area contributed by atoms with Crippen molar-refractivity contribution in [3.05, 3.63) is 80.2 Å². The molecule has 0 saturated heterocycles. The van der Waals surface area contributed by atoms with Gasteiger partial charge in [-0.3, -0.25) is 20.1 Å². The summed E-state index contributed by atoms with van der Waals surface area (Å²) in [5, 5.41) is 20.1. The van der Waals surface area contributed by atoms with E-state index in [0.29, 0.717) is 5.69 Å². The molecule has 0 aliphatic rings. The summed E-state index contributed by atoms with van der Waals surface area (Å²) in [6.07, 6.45) is 1.42. The van der Waals surface area contributed by atoms with E-state index in [2.05, 4.69) is 15.7 Å². The molecule has 0 radical (unpaired) electrons. The first kappa shape index (κ1) is 19.6. The molecular formula is C17H12Cl2FN5O3. The maximum Gasteiger partial charge on any atom is 0.324 e. The summed E-state index contributed by atoms with van der Waals surface area (Å²) in [6, 6.07) is 8.98. The lowest BCUT2D eigenvalue weighted by molar-refractivity contribution is -0.384. The van der Waals surface area contributed by atoms with E-state index in [1.165, 1.54) is 47.3 Å². The van der Waals surface area contributed by atoms with Gasteiger partial charge < -0.3 is 5.32 Å². The Bertz CT molecular complexity index is 1020. The van der Waals surface area contributed by atoms with Crippen LogP contribution in [0.3, 0.4) is 0 Å². The smallest absolute Gasteiger partial charge is 0.308 e. The molecule has 3 rings (SSSR count). The van der Waals surface area contributed by atoms with Gasteiger partial charge in [0.25, 0.3) is 5.69 Å². The summed E-state index contributed by atoms with van der Waals surface area (Å²) in [5.41, 5.74) is 0.488. The van der Waals surface area contributed by atoms with E-state index in [0.717, 1.165) is 0 Å². The molecule has 0 spiro atoms. The summed E-state index contributed by atoms with van der Waals surface area (Å²) in [5.74, 6) is -0.418. The molecule has 3 aromatic rings. The molecule has 28 heavy (non-hydrogen) atoms. The highest BCUT2D eigenvalue weighted by Crippen LogP contribution is 2.24. The molecular weight excluding hydrogens is 412 g/mol. The van der Waals surface area contributed by atoms with Gasteiger partial charge in [0.15, 0.2) is 5.82 Å². The first-order chi connectivity index (χ1) is 13.3. The van der Waals surface area contributed by atoms with Gasteiger partial charge in [-0.05, 0) is 24.3 Å². The van der Waals surface area contributed by atoms with Crippen LogP contribution in [0.4, 0.5) is 26.4 Å². The van der Waals surface area contributed by atoms with E-state index in [1.54, 1.807) is 6.07 Å². The second-order valence-corrected chi connectivity index (χ2v) is 6.42. The monoisotopic (exact) mass is 423 g/mol. The standard InChI is InChI=1S/C17H12Cl2FN5O3/c18-13-2-1-3-15(20)12(13)8-24-9-14(19)16(23-24)22-17(26)21-10-4-6-11(7-5-10)25(27)28/h1-7,9H,8H2,(H2,21,22,23,26). The highest BCUT2D eigenvalue weighted by Gasteiger charge is 2.14. The van der Waals surface area contributed by atoms with Crippen LogP contribution in [0.15, 0.2) is 48.7 Å². The molecule has 2 N–H and O–H groups in total. The van der Waals surface area contributed by atoms with Gasteiger partial charge in [0.1, 0.15) is 10.8 Å². The number of benzene rings is 2. The van der Waals surface area contributed by atoms with Gasteiger partial charge in [-0.1, -0.05) is 29.3 Å². The Morgan fingerprint density at radius 3 is 2.50 bits per heavy atom. The number of nitro benzene ring substituents is 1. The van der Waals surface area contributed by atoms with Crippen LogP contribution in [0.1, 0.15) is 5.56 Å². The number of hydrogen-bond donors (Lipinski definition) is 2. The quantitative estimate of drug-likeness (QED) is 0.448. The molecule has 2 amide bonds. The number of hydrogen-bond acceptors (Lipinski definition) is 4. The number of aromatic nitrogens is 2. The van der Waals surface area contributed by atoms with Gasteiger partial charge >= 0.3 is 6.03 Å². The summed E-state index contributed by atoms with van der Waals surface area (Å²) in [4.78, 5) is 22.2. The van der Waals surface area contributed by atoms with Gasteiger partial charge in [-0.2, -0.15) is 5.10 Å². The van der Waals surface area contributed by atoms with E-state index in [-0.39, 0.29) is 33.7 Å². The Balaban J connectivity index is 1.67. The van der Waals surface area contributed by atoms with Crippen LogP contribution in [0.25, 0.3) is 0 Å². The number of halogens is 3. The number of anilines is 2. The Labute approximate surface area is 168 Å². The largest absolute Gasteiger partial charge is 0.324 e. The van der Waals surface area contributed by atoms with Crippen molar-refractivity contribution >= 4 is 46.4 Å². The van der Waals surface area contributed by atoms with Crippen LogP contribution >= 0.6 is 23.2 Å². The van der Waals surface area contributed by atoms with E-state index < -0.39 is 16.8 Å². The maximum absolute atomic E-state index is 13.9. The highest BCUT2D eigenvalue weighted by atomic mass is 35.5. The number of rotatable bonds is 5.